The summed E-state index contributed by atoms with van der Waals surface area (Å²) in [4.78, 5) is 2.02. The number of nitrogens with one attached hydrogen (secondary N) is 1. The average Bonchev–Trinajstić information content (AvgIpc) is 2.07. The molecule has 1 heterocycles. The van der Waals surface area contributed by atoms with Crippen molar-refractivity contribution in [2.75, 3.05) is 20.7 Å². The number of likely N-dealkylation sites (N-methyl/N-ethyl adjacent to an activating group) is 1. The maximum absolute atomic E-state index is 9.11. The third kappa shape index (κ3) is 2.09. The highest BCUT2D eigenvalue weighted by molar-refractivity contribution is 5.14. The van der Waals surface area contributed by atoms with E-state index in [0.29, 0.717) is 0 Å². The smallest absolute Gasteiger partial charge is 0.0619 e. The molecule has 0 fully saturated rings. The van der Waals surface area contributed by atoms with Gasteiger partial charge in [0, 0.05) is 0 Å². The highest BCUT2D eigenvalue weighted by atomic mass is 16.3. The second-order valence-electron chi connectivity index (χ2n) is 3.15. The third-order valence-corrected chi connectivity index (χ3v) is 2.08. The van der Waals surface area contributed by atoms with Crippen molar-refractivity contribution in [3.63, 3.8) is 0 Å². The summed E-state index contributed by atoms with van der Waals surface area (Å²) in [5.41, 5.74) is 0. The molecule has 0 aliphatic carbocycles. The Labute approximate surface area is 73.4 Å². The van der Waals surface area contributed by atoms with E-state index in [2.05, 4.69) is 11.4 Å². The monoisotopic (exact) mass is 168 g/mol. The summed E-state index contributed by atoms with van der Waals surface area (Å²) >= 11 is 0. The van der Waals surface area contributed by atoms with Crippen molar-refractivity contribution < 1.29 is 5.11 Å². The molecule has 2 atom stereocenters. The summed E-state index contributed by atoms with van der Waals surface area (Å²) in [6.45, 7) is 0.169. The summed E-state index contributed by atoms with van der Waals surface area (Å²) in [5.74, 6) is 0. The van der Waals surface area contributed by atoms with Gasteiger partial charge in [-0.3, -0.25) is 0 Å². The third-order valence-electron chi connectivity index (χ3n) is 2.08. The predicted octanol–water partition coefficient (Wildman–Crippen LogP) is -0.0494. The van der Waals surface area contributed by atoms with Crippen molar-refractivity contribution in [3.05, 3.63) is 24.4 Å². The largest absolute Gasteiger partial charge is 0.395 e. The first-order valence-electron chi connectivity index (χ1n) is 4.12. The molecule has 1 rings (SSSR count). The molecule has 0 aromatic carbocycles. The van der Waals surface area contributed by atoms with Crippen LogP contribution in [0.3, 0.4) is 0 Å². The van der Waals surface area contributed by atoms with E-state index in [1.807, 2.05) is 37.3 Å². The van der Waals surface area contributed by atoms with E-state index in [4.69, 9.17) is 5.11 Å². The van der Waals surface area contributed by atoms with Gasteiger partial charge in [0.25, 0.3) is 0 Å². The number of dihydropyridines is 1. The van der Waals surface area contributed by atoms with E-state index in [-0.39, 0.29) is 18.7 Å². The van der Waals surface area contributed by atoms with Crippen molar-refractivity contribution in [1.82, 2.24) is 10.2 Å². The molecular weight excluding hydrogens is 152 g/mol. The molecular formula is C9H16N2O. The minimum atomic E-state index is 0.145. The van der Waals surface area contributed by atoms with Crippen LogP contribution in [0.2, 0.25) is 0 Å². The first-order valence-corrected chi connectivity index (χ1v) is 4.12. The second kappa shape index (κ2) is 4.28. The Morgan fingerprint density at radius 3 is 2.67 bits per heavy atom. The lowest BCUT2D eigenvalue weighted by Crippen LogP contribution is -2.47. The minimum Gasteiger partial charge on any atom is -0.395 e. The maximum atomic E-state index is 9.11. The molecule has 0 radical (unpaired) electrons. The molecule has 0 aromatic heterocycles. The van der Waals surface area contributed by atoms with Crippen LogP contribution < -0.4 is 5.32 Å². The van der Waals surface area contributed by atoms with E-state index in [1.165, 1.54) is 0 Å². The Bertz CT molecular complexity index is 187. The molecule has 2 N–H and O–H groups in total. The molecule has 3 nitrogen and oxygen atoms in total. The number of hydrogen-bond acceptors (Lipinski definition) is 3. The molecule has 2 unspecified atom stereocenters. The van der Waals surface area contributed by atoms with Crippen LogP contribution in [0.25, 0.3) is 0 Å². The number of aliphatic hydroxyl groups is 1. The average molecular weight is 168 g/mol. The number of nitrogens with zero attached hydrogens (tertiary/aromatic N) is 1. The van der Waals surface area contributed by atoms with Crippen molar-refractivity contribution in [3.8, 4) is 0 Å². The van der Waals surface area contributed by atoms with Crippen LogP contribution >= 0.6 is 0 Å². The Kier molecular flexibility index (Phi) is 3.31. The van der Waals surface area contributed by atoms with Crippen LogP contribution in [-0.2, 0) is 0 Å². The van der Waals surface area contributed by atoms with Crippen LogP contribution in [0.5, 0.6) is 0 Å². The van der Waals surface area contributed by atoms with E-state index in [1.54, 1.807) is 0 Å². The summed E-state index contributed by atoms with van der Waals surface area (Å²) in [7, 11) is 3.93. The van der Waals surface area contributed by atoms with Crippen molar-refractivity contribution in [2.24, 2.45) is 0 Å². The van der Waals surface area contributed by atoms with Gasteiger partial charge in [-0.1, -0.05) is 12.2 Å². The van der Waals surface area contributed by atoms with Gasteiger partial charge in [-0.15, -0.1) is 0 Å². The molecule has 0 aromatic rings. The fourth-order valence-electron chi connectivity index (χ4n) is 1.30. The lowest BCUT2D eigenvalue weighted by atomic mass is 10.1. The fraction of sp³-hybridized carbons (Fsp3) is 0.556. The number of allylic oxidation sites excluding steroid dienone is 2. The fourth-order valence-corrected chi connectivity index (χ4v) is 1.30. The number of rotatable bonds is 3. The number of aliphatic hydroxyl groups excluding tert-OH is 1. The first-order chi connectivity index (χ1) is 5.75. The van der Waals surface area contributed by atoms with Crippen LogP contribution in [-0.4, -0.2) is 42.8 Å². The summed E-state index contributed by atoms with van der Waals surface area (Å²) in [6.07, 6.45) is 7.89. The molecule has 68 valence electrons. The lowest BCUT2D eigenvalue weighted by molar-refractivity contribution is 0.152. The molecule has 0 saturated heterocycles. The highest BCUT2D eigenvalue weighted by Gasteiger charge is 2.19. The van der Waals surface area contributed by atoms with Crippen LogP contribution in [0.4, 0.5) is 0 Å². The maximum Gasteiger partial charge on any atom is 0.0619 e. The van der Waals surface area contributed by atoms with Gasteiger partial charge in [-0.2, -0.15) is 0 Å². The predicted molar refractivity (Wildman–Crippen MR) is 49.8 cm³/mol. The Morgan fingerprint density at radius 2 is 2.25 bits per heavy atom. The van der Waals surface area contributed by atoms with Gasteiger partial charge in [-0.05, 0) is 26.4 Å². The van der Waals surface area contributed by atoms with E-state index in [0.717, 1.165) is 0 Å². The molecule has 0 amide bonds. The Morgan fingerprint density at radius 1 is 1.50 bits per heavy atom. The van der Waals surface area contributed by atoms with Gasteiger partial charge < -0.3 is 15.3 Å². The molecule has 1 aliphatic heterocycles. The van der Waals surface area contributed by atoms with Gasteiger partial charge in [0.2, 0.25) is 0 Å². The van der Waals surface area contributed by atoms with E-state index >= 15 is 0 Å². The normalized spacial score (nSPS) is 24.2. The minimum absolute atomic E-state index is 0.145. The zero-order valence-electron chi connectivity index (χ0n) is 7.57. The highest BCUT2D eigenvalue weighted by Crippen LogP contribution is 2.04. The number of hydrogen-bond donors (Lipinski definition) is 2. The Balaban J connectivity index is 2.54. The molecule has 3 heteroatoms. The molecule has 12 heavy (non-hydrogen) atoms. The quantitative estimate of drug-likeness (QED) is 0.620. The summed E-state index contributed by atoms with van der Waals surface area (Å²) < 4.78 is 0. The van der Waals surface area contributed by atoms with Gasteiger partial charge in [0.1, 0.15) is 0 Å². The van der Waals surface area contributed by atoms with E-state index in [9.17, 15) is 0 Å². The van der Waals surface area contributed by atoms with Crippen molar-refractivity contribution >= 4 is 0 Å². The van der Waals surface area contributed by atoms with E-state index < -0.39 is 0 Å². The zero-order valence-corrected chi connectivity index (χ0v) is 7.57. The van der Waals surface area contributed by atoms with Crippen LogP contribution in [0.1, 0.15) is 0 Å². The van der Waals surface area contributed by atoms with Crippen molar-refractivity contribution in [2.45, 2.75) is 12.1 Å². The summed E-state index contributed by atoms with van der Waals surface area (Å²) in [5, 5.41) is 12.3. The zero-order chi connectivity index (χ0) is 8.97. The molecule has 0 spiro atoms. The lowest BCUT2D eigenvalue weighted by Gasteiger charge is -2.30. The first kappa shape index (κ1) is 9.29. The molecule has 1 aliphatic rings. The van der Waals surface area contributed by atoms with Gasteiger partial charge in [0.15, 0.2) is 0 Å². The summed E-state index contributed by atoms with van der Waals surface area (Å²) in [6, 6.07) is 0.362. The second-order valence-corrected chi connectivity index (χ2v) is 3.15. The SMILES string of the molecule is CN(C)C(CO)C1C=CC=CN1. The molecule has 0 saturated carbocycles. The van der Waals surface area contributed by atoms with Gasteiger partial charge >= 0.3 is 0 Å². The van der Waals surface area contributed by atoms with Crippen molar-refractivity contribution in [1.29, 1.82) is 0 Å². The molecule has 0 bridgehead atoms. The van der Waals surface area contributed by atoms with Crippen LogP contribution in [0.15, 0.2) is 24.4 Å². The standard InChI is InChI=1S/C9H16N2O/c1-11(2)9(7-12)8-5-3-4-6-10-8/h3-6,8-10,12H,7H2,1-2H3. The topological polar surface area (TPSA) is 35.5 Å². The Hall–Kier alpha value is -0.800. The van der Waals surface area contributed by atoms with Gasteiger partial charge in [-0.25, -0.2) is 0 Å². The van der Waals surface area contributed by atoms with Crippen LogP contribution in [0, 0.1) is 0 Å². The van der Waals surface area contributed by atoms with Gasteiger partial charge in [0.05, 0.1) is 18.7 Å².